The Hall–Kier alpha value is -3.09. The maximum absolute atomic E-state index is 12.0. The molecule has 7 nitrogen and oxygen atoms in total. The fraction of sp³-hybridized carbons (Fsp3) is 0.278. The molecule has 0 aliphatic carbocycles. The number of amides is 3. The van der Waals surface area contributed by atoms with Gasteiger partial charge in [0.05, 0.1) is 12.8 Å². The van der Waals surface area contributed by atoms with Gasteiger partial charge in [-0.05, 0) is 37.1 Å². The van der Waals surface area contributed by atoms with Gasteiger partial charge in [0.15, 0.2) is 5.76 Å². The van der Waals surface area contributed by atoms with E-state index in [0.717, 1.165) is 16.8 Å². The summed E-state index contributed by atoms with van der Waals surface area (Å²) in [6.45, 7) is 3.84. The van der Waals surface area contributed by atoms with Crippen LogP contribution >= 0.6 is 0 Å². The molecule has 0 radical (unpaired) electrons. The van der Waals surface area contributed by atoms with Crippen LogP contribution in [0.4, 0.5) is 5.69 Å². The second kappa shape index (κ2) is 8.68. The number of benzene rings is 1. The number of nitrogens with one attached hydrogen (secondary N) is 3. The normalized spacial score (nSPS) is 10.2. The van der Waals surface area contributed by atoms with Crippen LogP contribution in [0, 0.1) is 13.8 Å². The first-order chi connectivity index (χ1) is 12.0. The van der Waals surface area contributed by atoms with E-state index in [1.165, 1.54) is 12.3 Å². The first-order valence-corrected chi connectivity index (χ1v) is 7.92. The summed E-state index contributed by atoms with van der Waals surface area (Å²) in [4.78, 5) is 35.3. The molecule has 132 valence electrons. The maximum Gasteiger partial charge on any atom is 0.286 e. The van der Waals surface area contributed by atoms with Crippen molar-refractivity contribution in [2.75, 3.05) is 18.4 Å². The molecule has 2 rings (SSSR count). The van der Waals surface area contributed by atoms with Gasteiger partial charge in [0.25, 0.3) is 5.91 Å². The molecule has 3 amide bonds. The van der Waals surface area contributed by atoms with Crippen molar-refractivity contribution in [3.63, 3.8) is 0 Å². The van der Waals surface area contributed by atoms with E-state index < -0.39 is 0 Å². The van der Waals surface area contributed by atoms with Gasteiger partial charge in [0, 0.05) is 18.7 Å². The van der Waals surface area contributed by atoms with Crippen LogP contribution in [0.15, 0.2) is 41.0 Å². The fourth-order valence-corrected chi connectivity index (χ4v) is 2.25. The summed E-state index contributed by atoms with van der Waals surface area (Å²) in [6.07, 6.45) is 1.47. The van der Waals surface area contributed by atoms with Crippen LogP contribution < -0.4 is 16.0 Å². The van der Waals surface area contributed by atoms with E-state index in [-0.39, 0.29) is 43.0 Å². The molecule has 0 spiro atoms. The Labute approximate surface area is 145 Å². The van der Waals surface area contributed by atoms with E-state index >= 15 is 0 Å². The Morgan fingerprint density at radius 3 is 2.32 bits per heavy atom. The van der Waals surface area contributed by atoms with Gasteiger partial charge in [0.2, 0.25) is 11.8 Å². The fourth-order valence-electron chi connectivity index (χ4n) is 2.25. The zero-order chi connectivity index (χ0) is 18.2. The molecule has 0 saturated carbocycles. The summed E-state index contributed by atoms with van der Waals surface area (Å²) in [7, 11) is 0. The van der Waals surface area contributed by atoms with Crippen LogP contribution in [0.3, 0.4) is 0 Å². The summed E-state index contributed by atoms with van der Waals surface area (Å²) in [5.41, 5.74) is 2.67. The highest BCUT2D eigenvalue weighted by Gasteiger charge is 2.11. The number of aryl methyl sites for hydroxylation is 2. The van der Waals surface area contributed by atoms with Crippen LogP contribution in [0.1, 0.15) is 28.1 Å². The zero-order valence-electron chi connectivity index (χ0n) is 14.2. The average molecular weight is 343 g/mol. The highest BCUT2D eigenvalue weighted by atomic mass is 16.3. The Balaban J connectivity index is 1.69. The summed E-state index contributed by atoms with van der Waals surface area (Å²) in [6, 6.07) is 8.87. The van der Waals surface area contributed by atoms with E-state index in [9.17, 15) is 14.4 Å². The molecular formula is C18H21N3O4. The molecule has 2 aromatic rings. The van der Waals surface area contributed by atoms with Crippen molar-refractivity contribution >= 4 is 23.4 Å². The molecule has 1 heterocycles. The van der Waals surface area contributed by atoms with Crippen LogP contribution in [-0.2, 0) is 9.59 Å². The highest BCUT2D eigenvalue weighted by Crippen LogP contribution is 2.18. The molecule has 25 heavy (non-hydrogen) atoms. The lowest BCUT2D eigenvalue weighted by molar-refractivity contribution is -0.124. The average Bonchev–Trinajstić information content (AvgIpc) is 3.11. The lowest BCUT2D eigenvalue weighted by Crippen LogP contribution is -2.35. The highest BCUT2D eigenvalue weighted by molar-refractivity contribution is 5.96. The van der Waals surface area contributed by atoms with Crippen molar-refractivity contribution in [2.24, 2.45) is 0 Å². The van der Waals surface area contributed by atoms with Gasteiger partial charge in [-0.25, -0.2) is 0 Å². The zero-order valence-corrected chi connectivity index (χ0v) is 14.2. The van der Waals surface area contributed by atoms with Gasteiger partial charge < -0.3 is 20.4 Å². The molecule has 1 aromatic carbocycles. The van der Waals surface area contributed by atoms with Crippen LogP contribution in [0.2, 0.25) is 0 Å². The number of rotatable bonds is 7. The second-order valence-electron chi connectivity index (χ2n) is 5.57. The number of carbonyl (C=O) groups is 3. The first-order valence-electron chi connectivity index (χ1n) is 7.92. The predicted molar refractivity (Wildman–Crippen MR) is 93.2 cm³/mol. The summed E-state index contributed by atoms with van der Waals surface area (Å²) in [5.74, 6) is -0.819. The number of anilines is 1. The van der Waals surface area contributed by atoms with Crippen molar-refractivity contribution < 1.29 is 18.8 Å². The number of para-hydroxylation sites is 1. The quantitative estimate of drug-likeness (QED) is 0.713. The van der Waals surface area contributed by atoms with Crippen LogP contribution in [-0.4, -0.2) is 30.8 Å². The smallest absolute Gasteiger partial charge is 0.286 e. The molecular weight excluding hydrogens is 322 g/mol. The molecule has 0 atom stereocenters. The van der Waals surface area contributed by atoms with Crippen molar-refractivity contribution in [2.45, 2.75) is 20.3 Å². The van der Waals surface area contributed by atoms with Gasteiger partial charge in [0.1, 0.15) is 0 Å². The minimum absolute atomic E-state index is 0.0725. The molecule has 0 aliphatic heterocycles. The third kappa shape index (κ3) is 5.49. The van der Waals surface area contributed by atoms with Crippen molar-refractivity contribution in [1.29, 1.82) is 0 Å². The van der Waals surface area contributed by atoms with E-state index in [1.54, 1.807) is 6.07 Å². The van der Waals surface area contributed by atoms with E-state index in [1.807, 2.05) is 32.0 Å². The van der Waals surface area contributed by atoms with E-state index in [4.69, 9.17) is 4.42 Å². The molecule has 3 N–H and O–H groups in total. The third-order valence-corrected chi connectivity index (χ3v) is 3.57. The molecule has 1 aromatic heterocycles. The van der Waals surface area contributed by atoms with E-state index in [2.05, 4.69) is 16.0 Å². The predicted octanol–water partition coefficient (Wildman–Crippen LogP) is 1.77. The number of hydrogen-bond donors (Lipinski definition) is 3. The van der Waals surface area contributed by atoms with E-state index in [0.29, 0.717) is 0 Å². The third-order valence-electron chi connectivity index (χ3n) is 3.57. The van der Waals surface area contributed by atoms with Gasteiger partial charge in [-0.1, -0.05) is 18.2 Å². The van der Waals surface area contributed by atoms with Gasteiger partial charge in [-0.3, -0.25) is 14.4 Å². The standard InChI is InChI=1S/C18H21N3O4/c1-12-5-3-6-13(2)17(12)21-16(23)11-20-15(22)8-9-19-18(24)14-7-4-10-25-14/h3-7,10H,8-9,11H2,1-2H3,(H,19,24)(H,20,22)(H,21,23). The summed E-state index contributed by atoms with van der Waals surface area (Å²) >= 11 is 0. The van der Waals surface area contributed by atoms with Crippen molar-refractivity contribution in [3.05, 3.63) is 53.5 Å². The maximum atomic E-state index is 12.0. The number of furan rings is 1. The Morgan fingerprint density at radius 2 is 1.68 bits per heavy atom. The second-order valence-corrected chi connectivity index (χ2v) is 5.57. The molecule has 7 heteroatoms. The lowest BCUT2D eigenvalue weighted by atomic mass is 10.1. The SMILES string of the molecule is Cc1cccc(C)c1NC(=O)CNC(=O)CCNC(=O)c1ccco1. The summed E-state index contributed by atoms with van der Waals surface area (Å²) < 4.78 is 4.94. The minimum Gasteiger partial charge on any atom is -0.459 e. The monoisotopic (exact) mass is 343 g/mol. The Bertz CT molecular complexity index is 733. The Kier molecular flexibility index (Phi) is 6.33. The molecule has 0 fully saturated rings. The first kappa shape index (κ1) is 18.3. The van der Waals surface area contributed by atoms with Crippen LogP contribution in [0.25, 0.3) is 0 Å². The largest absolute Gasteiger partial charge is 0.459 e. The molecule has 0 saturated heterocycles. The molecule has 0 aliphatic rings. The molecule has 0 bridgehead atoms. The number of carbonyl (C=O) groups excluding carboxylic acids is 3. The van der Waals surface area contributed by atoms with Crippen molar-refractivity contribution in [1.82, 2.24) is 10.6 Å². The molecule has 0 unspecified atom stereocenters. The van der Waals surface area contributed by atoms with Crippen LogP contribution in [0.5, 0.6) is 0 Å². The Morgan fingerprint density at radius 1 is 0.960 bits per heavy atom. The van der Waals surface area contributed by atoms with Gasteiger partial charge in [-0.2, -0.15) is 0 Å². The number of hydrogen-bond acceptors (Lipinski definition) is 4. The lowest BCUT2D eigenvalue weighted by Gasteiger charge is -2.12. The van der Waals surface area contributed by atoms with Gasteiger partial charge >= 0.3 is 0 Å². The van der Waals surface area contributed by atoms with Crippen molar-refractivity contribution in [3.8, 4) is 0 Å². The topological polar surface area (TPSA) is 100 Å². The van der Waals surface area contributed by atoms with Gasteiger partial charge in [-0.15, -0.1) is 0 Å². The minimum atomic E-state index is -0.384. The summed E-state index contributed by atoms with van der Waals surface area (Å²) in [5, 5.41) is 7.88.